The third kappa shape index (κ3) is 3.30. The Kier molecular flexibility index (Phi) is 4.62. The van der Waals surface area contributed by atoms with Crippen molar-refractivity contribution in [3.05, 3.63) is 64.2 Å². The molecule has 0 unspecified atom stereocenters. The van der Waals surface area contributed by atoms with E-state index in [0.717, 1.165) is 5.75 Å². The molecule has 2 rings (SSSR count). The highest BCUT2D eigenvalue weighted by Crippen LogP contribution is 2.25. The fraction of sp³-hybridized carbons (Fsp3) is 0.263. The number of hydrogen-bond acceptors (Lipinski definition) is 1. The molecule has 2 aromatic rings. The summed E-state index contributed by atoms with van der Waals surface area (Å²) in [5.41, 5.74) is 6.25. The average Bonchev–Trinajstić information content (AvgIpc) is 2.45. The summed E-state index contributed by atoms with van der Waals surface area (Å²) in [6.45, 7) is 9.09. The maximum absolute atomic E-state index is 5.62. The van der Waals surface area contributed by atoms with E-state index in [1.807, 2.05) is 6.92 Å². The summed E-state index contributed by atoms with van der Waals surface area (Å²) in [5, 5.41) is 0. The molecule has 20 heavy (non-hydrogen) atoms. The molecule has 0 saturated carbocycles. The Labute approximate surface area is 121 Å². The fourth-order valence-electron chi connectivity index (χ4n) is 2.17. The van der Waals surface area contributed by atoms with Gasteiger partial charge in [-0.05, 0) is 56.0 Å². The van der Waals surface area contributed by atoms with Crippen molar-refractivity contribution in [1.82, 2.24) is 0 Å². The molecule has 0 heterocycles. The Hall–Kier alpha value is -2.02. The van der Waals surface area contributed by atoms with Crippen molar-refractivity contribution < 1.29 is 4.74 Å². The molecule has 0 N–H and O–H groups in total. The van der Waals surface area contributed by atoms with E-state index in [1.165, 1.54) is 27.8 Å². The first-order chi connectivity index (χ1) is 9.61. The Balaban J connectivity index is 2.25. The summed E-state index contributed by atoms with van der Waals surface area (Å²) >= 11 is 0. The van der Waals surface area contributed by atoms with E-state index in [9.17, 15) is 0 Å². The van der Waals surface area contributed by atoms with E-state index in [0.29, 0.717) is 6.61 Å². The predicted octanol–water partition coefficient (Wildman–Crippen LogP) is 5.18. The molecule has 0 aliphatic carbocycles. The first-order valence-electron chi connectivity index (χ1n) is 7.09. The molecular formula is C19H22O. The quantitative estimate of drug-likeness (QED) is 0.693. The van der Waals surface area contributed by atoms with Crippen molar-refractivity contribution in [2.75, 3.05) is 6.61 Å². The molecule has 0 amide bonds. The molecule has 0 fully saturated rings. The largest absolute Gasteiger partial charge is 0.494 e. The molecule has 0 atom stereocenters. The Morgan fingerprint density at radius 1 is 0.850 bits per heavy atom. The second-order valence-corrected chi connectivity index (χ2v) is 5.08. The van der Waals surface area contributed by atoms with E-state index < -0.39 is 0 Å². The molecule has 0 aliphatic rings. The first kappa shape index (κ1) is 14.4. The maximum atomic E-state index is 5.62. The van der Waals surface area contributed by atoms with Gasteiger partial charge < -0.3 is 4.74 Å². The minimum atomic E-state index is 0.707. The van der Waals surface area contributed by atoms with Crippen molar-refractivity contribution in [2.45, 2.75) is 27.7 Å². The van der Waals surface area contributed by atoms with Crippen LogP contribution in [0.15, 0.2) is 36.4 Å². The van der Waals surface area contributed by atoms with Gasteiger partial charge in [0, 0.05) is 0 Å². The van der Waals surface area contributed by atoms with Gasteiger partial charge in [-0.3, -0.25) is 0 Å². The molecular weight excluding hydrogens is 244 g/mol. The lowest BCUT2D eigenvalue weighted by molar-refractivity contribution is 0.337. The minimum absolute atomic E-state index is 0.707. The molecule has 1 nitrogen and oxygen atoms in total. The Morgan fingerprint density at radius 3 is 2.20 bits per heavy atom. The predicted molar refractivity (Wildman–Crippen MR) is 87.2 cm³/mol. The van der Waals surface area contributed by atoms with Crippen LogP contribution in [-0.4, -0.2) is 6.61 Å². The van der Waals surface area contributed by atoms with E-state index in [2.05, 4.69) is 69.3 Å². The Morgan fingerprint density at radius 2 is 1.55 bits per heavy atom. The third-order valence-electron chi connectivity index (χ3n) is 3.61. The second-order valence-electron chi connectivity index (χ2n) is 5.08. The van der Waals surface area contributed by atoms with Crippen molar-refractivity contribution in [2.24, 2.45) is 0 Å². The van der Waals surface area contributed by atoms with Gasteiger partial charge in [0.2, 0.25) is 0 Å². The summed E-state index contributed by atoms with van der Waals surface area (Å²) in [6, 6.07) is 12.7. The minimum Gasteiger partial charge on any atom is -0.494 e. The van der Waals surface area contributed by atoms with Crippen LogP contribution in [0, 0.1) is 20.8 Å². The SMILES string of the molecule is CCOc1ccc(C=Cc2ccc(C)cc2)c(C)c1C. The number of benzene rings is 2. The smallest absolute Gasteiger partial charge is 0.122 e. The second kappa shape index (κ2) is 6.42. The van der Waals surface area contributed by atoms with Gasteiger partial charge in [-0.2, -0.15) is 0 Å². The maximum Gasteiger partial charge on any atom is 0.122 e. The monoisotopic (exact) mass is 266 g/mol. The summed E-state index contributed by atoms with van der Waals surface area (Å²) in [7, 11) is 0. The standard InChI is InChI=1S/C19H22O/c1-5-20-19-13-12-18(15(3)16(19)4)11-10-17-8-6-14(2)7-9-17/h6-13H,5H2,1-4H3. The molecule has 104 valence electrons. The average molecular weight is 266 g/mol. The van der Waals surface area contributed by atoms with E-state index in [1.54, 1.807) is 0 Å². The number of aryl methyl sites for hydroxylation is 1. The van der Waals surface area contributed by atoms with Gasteiger partial charge in [-0.25, -0.2) is 0 Å². The van der Waals surface area contributed by atoms with Crippen LogP contribution in [0.1, 0.15) is 34.7 Å². The topological polar surface area (TPSA) is 9.23 Å². The van der Waals surface area contributed by atoms with Gasteiger partial charge in [-0.1, -0.05) is 48.0 Å². The summed E-state index contributed by atoms with van der Waals surface area (Å²) in [4.78, 5) is 0. The van der Waals surface area contributed by atoms with Gasteiger partial charge in [0.05, 0.1) is 6.61 Å². The summed E-state index contributed by atoms with van der Waals surface area (Å²) in [6.07, 6.45) is 4.32. The van der Waals surface area contributed by atoms with Gasteiger partial charge >= 0.3 is 0 Å². The fourth-order valence-corrected chi connectivity index (χ4v) is 2.17. The highest BCUT2D eigenvalue weighted by molar-refractivity contribution is 5.72. The van der Waals surface area contributed by atoms with E-state index in [4.69, 9.17) is 4.74 Å². The molecule has 2 aromatic carbocycles. The van der Waals surface area contributed by atoms with Crippen molar-refractivity contribution in [3.8, 4) is 5.75 Å². The lowest BCUT2D eigenvalue weighted by Crippen LogP contribution is -1.96. The van der Waals surface area contributed by atoms with Crippen LogP contribution >= 0.6 is 0 Å². The van der Waals surface area contributed by atoms with Gasteiger partial charge in [-0.15, -0.1) is 0 Å². The molecule has 0 saturated heterocycles. The van der Waals surface area contributed by atoms with Crippen LogP contribution in [0.3, 0.4) is 0 Å². The molecule has 0 bridgehead atoms. The van der Waals surface area contributed by atoms with Crippen molar-refractivity contribution in [1.29, 1.82) is 0 Å². The Bertz CT molecular complexity index is 606. The van der Waals surface area contributed by atoms with Crippen LogP contribution < -0.4 is 4.74 Å². The first-order valence-corrected chi connectivity index (χ1v) is 7.09. The van der Waals surface area contributed by atoms with Crippen molar-refractivity contribution >= 4 is 12.2 Å². The number of hydrogen-bond donors (Lipinski definition) is 0. The van der Waals surface area contributed by atoms with Crippen LogP contribution in [0.25, 0.3) is 12.2 Å². The zero-order chi connectivity index (χ0) is 14.5. The van der Waals surface area contributed by atoms with Crippen LogP contribution in [0.2, 0.25) is 0 Å². The number of rotatable bonds is 4. The molecule has 0 aliphatic heterocycles. The van der Waals surface area contributed by atoms with Gasteiger partial charge in [0.1, 0.15) is 5.75 Å². The lowest BCUT2D eigenvalue weighted by atomic mass is 10.0. The molecule has 0 aromatic heterocycles. The zero-order valence-corrected chi connectivity index (χ0v) is 12.7. The van der Waals surface area contributed by atoms with Gasteiger partial charge in [0.15, 0.2) is 0 Å². The molecule has 0 radical (unpaired) electrons. The number of ether oxygens (including phenoxy) is 1. The van der Waals surface area contributed by atoms with Gasteiger partial charge in [0.25, 0.3) is 0 Å². The normalized spacial score (nSPS) is 11.0. The van der Waals surface area contributed by atoms with E-state index in [-0.39, 0.29) is 0 Å². The highest BCUT2D eigenvalue weighted by Gasteiger charge is 2.04. The summed E-state index contributed by atoms with van der Waals surface area (Å²) in [5.74, 6) is 0.984. The van der Waals surface area contributed by atoms with Crippen molar-refractivity contribution in [3.63, 3.8) is 0 Å². The summed E-state index contributed by atoms with van der Waals surface area (Å²) < 4.78 is 5.62. The highest BCUT2D eigenvalue weighted by atomic mass is 16.5. The van der Waals surface area contributed by atoms with Crippen LogP contribution in [-0.2, 0) is 0 Å². The zero-order valence-electron chi connectivity index (χ0n) is 12.7. The molecule has 0 spiro atoms. The van der Waals surface area contributed by atoms with E-state index >= 15 is 0 Å². The lowest BCUT2D eigenvalue weighted by Gasteiger charge is -2.11. The van der Waals surface area contributed by atoms with Crippen LogP contribution in [0.4, 0.5) is 0 Å². The third-order valence-corrected chi connectivity index (χ3v) is 3.61. The molecule has 1 heteroatoms. The van der Waals surface area contributed by atoms with Crippen LogP contribution in [0.5, 0.6) is 5.75 Å².